The van der Waals surface area contributed by atoms with Crippen LogP contribution >= 0.6 is 0 Å². The van der Waals surface area contributed by atoms with Gasteiger partial charge in [0.15, 0.2) is 0 Å². The van der Waals surface area contributed by atoms with Gasteiger partial charge in [-0.25, -0.2) is 9.98 Å². The number of amides is 2. The first-order chi connectivity index (χ1) is 8.69. The molecule has 0 aliphatic carbocycles. The zero-order valence-electron chi connectivity index (χ0n) is 9.56. The number of nitriles is 1. The summed E-state index contributed by atoms with van der Waals surface area (Å²) in [6.07, 6.45) is 9.48. The van der Waals surface area contributed by atoms with E-state index in [1.54, 1.807) is 24.3 Å². The van der Waals surface area contributed by atoms with E-state index in [1.807, 2.05) is 0 Å². The Kier molecular flexibility index (Phi) is 5.35. The van der Waals surface area contributed by atoms with Crippen LogP contribution in [0, 0.1) is 23.2 Å². The Morgan fingerprint density at radius 3 is 2.17 bits per heavy atom. The standard InChI is InChI=1S/C6H8N2O.C6H4N2O/c2*7-4-5-2-1-3-8-6(5)9/h1-3,5H,4,7H2;1-3,5H. The Morgan fingerprint density at radius 2 is 1.78 bits per heavy atom. The number of nitrogens with two attached hydrogens (primary N) is 1. The number of aliphatic imine (C=N–C) groups is 2. The molecule has 2 amide bonds. The lowest BCUT2D eigenvalue weighted by molar-refractivity contribution is -0.120. The van der Waals surface area contributed by atoms with E-state index < -0.39 is 5.92 Å². The van der Waals surface area contributed by atoms with Crippen molar-refractivity contribution in [2.75, 3.05) is 6.54 Å². The van der Waals surface area contributed by atoms with Gasteiger partial charge in [-0.3, -0.25) is 9.59 Å². The minimum atomic E-state index is -0.657. The first kappa shape index (κ1) is 13.7. The SMILES string of the molecule is N#CC1C=CC=NC1=O.NCC1C=CC=NC1=O. The molecule has 0 fully saturated rings. The molecule has 6 heteroatoms. The lowest BCUT2D eigenvalue weighted by Gasteiger charge is -2.05. The highest BCUT2D eigenvalue weighted by molar-refractivity contribution is 5.95. The maximum absolute atomic E-state index is 10.7. The van der Waals surface area contributed by atoms with Crippen molar-refractivity contribution in [2.24, 2.45) is 27.6 Å². The molecule has 0 spiro atoms. The van der Waals surface area contributed by atoms with Crippen molar-refractivity contribution in [1.29, 1.82) is 5.26 Å². The number of carbonyl (C=O) groups excluding carboxylic acids is 2. The quantitative estimate of drug-likeness (QED) is 0.701. The fourth-order valence-electron chi connectivity index (χ4n) is 1.20. The highest BCUT2D eigenvalue weighted by Gasteiger charge is 2.14. The van der Waals surface area contributed by atoms with Gasteiger partial charge >= 0.3 is 0 Å². The molecule has 2 atom stereocenters. The van der Waals surface area contributed by atoms with Crippen molar-refractivity contribution in [3.8, 4) is 6.07 Å². The number of hydrogen-bond acceptors (Lipinski definition) is 4. The van der Waals surface area contributed by atoms with Gasteiger partial charge in [0.05, 0.1) is 12.0 Å². The Hall–Kier alpha value is -2.39. The molecule has 2 heterocycles. The van der Waals surface area contributed by atoms with Crippen molar-refractivity contribution in [2.45, 2.75) is 0 Å². The van der Waals surface area contributed by atoms with Crippen LogP contribution in [0.4, 0.5) is 0 Å². The van der Waals surface area contributed by atoms with E-state index in [0.717, 1.165) is 0 Å². The average molecular weight is 244 g/mol. The van der Waals surface area contributed by atoms with Gasteiger partial charge in [-0.05, 0) is 12.2 Å². The van der Waals surface area contributed by atoms with Gasteiger partial charge in [0, 0.05) is 19.0 Å². The number of dihydropyridines is 2. The summed E-state index contributed by atoms with van der Waals surface area (Å²) < 4.78 is 0. The van der Waals surface area contributed by atoms with Crippen molar-refractivity contribution < 1.29 is 9.59 Å². The van der Waals surface area contributed by atoms with Gasteiger partial charge in [-0.15, -0.1) is 0 Å². The fraction of sp³-hybridized carbons (Fsp3) is 0.250. The van der Waals surface area contributed by atoms with Crippen LogP contribution < -0.4 is 5.73 Å². The second-order valence-electron chi connectivity index (χ2n) is 3.45. The monoisotopic (exact) mass is 244 g/mol. The summed E-state index contributed by atoms with van der Waals surface area (Å²) in [7, 11) is 0. The molecule has 0 radical (unpaired) electrons. The average Bonchev–Trinajstić information content (AvgIpc) is 2.41. The molecular weight excluding hydrogens is 232 g/mol. The smallest absolute Gasteiger partial charge is 0.266 e. The molecule has 0 aromatic heterocycles. The van der Waals surface area contributed by atoms with Crippen LogP contribution in [0.25, 0.3) is 0 Å². The number of carbonyl (C=O) groups is 2. The van der Waals surface area contributed by atoms with Crippen LogP contribution in [0.15, 0.2) is 34.3 Å². The number of hydrogen-bond donors (Lipinski definition) is 1. The topological polar surface area (TPSA) is 109 Å². The van der Waals surface area contributed by atoms with Gasteiger partial charge in [0.25, 0.3) is 11.8 Å². The minimum Gasteiger partial charge on any atom is -0.329 e. The Labute approximate surface area is 104 Å². The van der Waals surface area contributed by atoms with Crippen molar-refractivity contribution in [3.05, 3.63) is 24.3 Å². The van der Waals surface area contributed by atoms with Crippen LogP contribution in [0.3, 0.4) is 0 Å². The van der Waals surface area contributed by atoms with Gasteiger partial charge in [-0.2, -0.15) is 5.26 Å². The minimum absolute atomic E-state index is 0.139. The molecule has 0 bridgehead atoms. The maximum atomic E-state index is 10.7. The predicted molar refractivity (Wildman–Crippen MR) is 66.9 cm³/mol. The zero-order valence-corrected chi connectivity index (χ0v) is 9.56. The summed E-state index contributed by atoms with van der Waals surface area (Å²) in [6.45, 7) is 0.354. The number of rotatable bonds is 1. The lowest BCUT2D eigenvalue weighted by atomic mass is 10.1. The van der Waals surface area contributed by atoms with E-state index in [4.69, 9.17) is 11.0 Å². The van der Waals surface area contributed by atoms with Gasteiger partial charge in [0.2, 0.25) is 0 Å². The molecule has 6 nitrogen and oxygen atoms in total. The maximum Gasteiger partial charge on any atom is 0.266 e. The third-order valence-electron chi connectivity index (χ3n) is 2.20. The summed E-state index contributed by atoms with van der Waals surface area (Å²) in [6, 6.07) is 1.80. The van der Waals surface area contributed by atoms with Gasteiger partial charge < -0.3 is 5.73 Å². The molecule has 2 unspecified atom stereocenters. The van der Waals surface area contributed by atoms with E-state index in [-0.39, 0.29) is 17.7 Å². The van der Waals surface area contributed by atoms with E-state index >= 15 is 0 Å². The van der Waals surface area contributed by atoms with Crippen LogP contribution in [-0.4, -0.2) is 30.8 Å². The highest BCUT2D eigenvalue weighted by atomic mass is 16.2. The van der Waals surface area contributed by atoms with Crippen molar-refractivity contribution in [3.63, 3.8) is 0 Å². The molecule has 2 aliphatic rings. The predicted octanol–water partition coefficient (Wildman–Crippen LogP) is 0.0219. The Morgan fingerprint density at radius 1 is 1.17 bits per heavy atom. The van der Waals surface area contributed by atoms with Gasteiger partial charge in [0.1, 0.15) is 5.92 Å². The Balaban J connectivity index is 0.000000180. The van der Waals surface area contributed by atoms with Crippen molar-refractivity contribution in [1.82, 2.24) is 0 Å². The third-order valence-corrected chi connectivity index (χ3v) is 2.20. The van der Waals surface area contributed by atoms with E-state index in [0.29, 0.717) is 6.54 Å². The highest BCUT2D eigenvalue weighted by Crippen LogP contribution is 2.03. The van der Waals surface area contributed by atoms with Gasteiger partial charge in [-0.1, -0.05) is 12.2 Å². The summed E-state index contributed by atoms with van der Waals surface area (Å²) in [5, 5.41) is 8.27. The molecule has 0 saturated carbocycles. The fourth-order valence-corrected chi connectivity index (χ4v) is 1.20. The number of nitrogens with zero attached hydrogens (tertiary/aromatic N) is 3. The largest absolute Gasteiger partial charge is 0.329 e. The molecular formula is C12H12N4O2. The molecule has 0 saturated heterocycles. The van der Waals surface area contributed by atoms with E-state index in [1.165, 1.54) is 18.5 Å². The molecule has 2 aliphatic heterocycles. The normalized spacial score (nSPS) is 24.4. The van der Waals surface area contributed by atoms with Crippen molar-refractivity contribution >= 4 is 24.2 Å². The summed E-state index contributed by atoms with van der Waals surface area (Å²) >= 11 is 0. The zero-order chi connectivity index (χ0) is 13.4. The lowest BCUT2D eigenvalue weighted by Crippen LogP contribution is -2.21. The van der Waals surface area contributed by atoms with E-state index in [9.17, 15) is 9.59 Å². The molecule has 2 rings (SSSR count). The molecule has 2 N–H and O–H groups in total. The first-order valence-corrected chi connectivity index (χ1v) is 5.28. The third kappa shape index (κ3) is 3.88. The summed E-state index contributed by atoms with van der Waals surface area (Å²) in [5.41, 5.74) is 5.25. The molecule has 18 heavy (non-hydrogen) atoms. The second kappa shape index (κ2) is 7.04. The van der Waals surface area contributed by atoms with E-state index in [2.05, 4.69) is 9.98 Å². The second-order valence-corrected chi connectivity index (χ2v) is 3.45. The Bertz CT molecular complexity index is 483. The molecule has 0 aromatic carbocycles. The first-order valence-electron chi connectivity index (χ1n) is 5.28. The summed E-state index contributed by atoms with van der Waals surface area (Å²) in [5.74, 6) is -1.36. The molecule has 92 valence electrons. The van der Waals surface area contributed by atoms with Crippen LogP contribution in [0.2, 0.25) is 0 Å². The summed E-state index contributed by atoms with van der Waals surface area (Å²) in [4.78, 5) is 28.2. The molecule has 0 aromatic rings. The van der Waals surface area contributed by atoms with Crippen LogP contribution in [0.5, 0.6) is 0 Å². The van der Waals surface area contributed by atoms with Crippen LogP contribution in [0.1, 0.15) is 0 Å². The number of allylic oxidation sites excluding steroid dienone is 2. The van der Waals surface area contributed by atoms with Crippen LogP contribution in [-0.2, 0) is 9.59 Å².